The summed E-state index contributed by atoms with van der Waals surface area (Å²) in [5, 5.41) is 7.96. The standard InChI is InChI=1S/C19H27N3O2/c1-13-7-8-14(2)17(10-13)18-11-22(15(3)12-23-18)9-5-6-19-21-20-16(4)24-19/h7-8,10,15,18H,5-6,9,11-12H2,1-4H3/t15-,18+/m1/s1. The molecular weight excluding hydrogens is 302 g/mol. The molecule has 1 saturated heterocycles. The van der Waals surface area contributed by atoms with Crippen LogP contribution in [0.3, 0.4) is 0 Å². The fourth-order valence-electron chi connectivity index (χ4n) is 3.28. The third kappa shape index (κ3) is 4.02. The second-order valence-corrected chi connectivity index (χ2v) is 6.84. The first-order valence-corrected chi connectivity index (χ1v) is 8.74. The summed E-state index contributed by atoms with van der Waals surface area (Å²) in [4.78, 5) is 2.51. The maximum atomic E-state index is 6.13. The van der Waals surface area contributed by atoms with E-state index in [-0.39, 0.29) is 6.10 Å². The maximum absolute atomic E-state index is 6.13. The van der Waals surface area contributed by atoms with Crippen LogP contribution in [-0.2, 0) is 11.2 Å². The van der Waals surface area contributed by atoms with Crippen molar-refractivity contribution in [1.82, 2.24) is 15.1 Å². The van der Waals surface area contributed by atoms with Gasteiger partial charge in [0.15, 0.2) is 0 Å². The van der Waals surface area contributed by atoms with Crippen LogP contribution in [0.2, 0.25) is 0 Å². The van der Waals surface area contributed by atoms with Gasteiger partial charge in [-0.1, -0.05) is 23.8 Å². The van der Waals surface area contributed by atoms with E-state index in [0.29, 0.717) is 11.9 Å². The molecule has 130 valence electrons. The Bertz CT molecular complexity index is 683. The molecule has 1 aliphatic rings. The largest absolute Gasteiger partial charge is 0.426 e. The van der Waals surface area contributed by atoms with Gasteiger partial charge >= 0.3 is 0 Å². The molecule has 0 saturated carbocycles. The van der Waals surface area contributed by atoms with Crippen LogP contribution in [-0.4, -0.2) is 40.8 Å². The first-order valence-electron chi connectivity index (χ1n) is 8.74. The Labute approximate surface area is 144 Å². The molecule has 24 heavy (non-hydrogen) atoms. The van der Waals surface area contributed by atoms with E-state index in [1.165, 1.54) is 16.7 Å². The maximum Gasteiger partial charge on any atom is 0.216 e. The third-order valence-corrected chi connectivity index (χ3v) is 4.75. The van der Waals surface area contributed by atoms with Crippen molar-refractivity contribution >= 4 is 0 Å². The number of morpholine rings is 1. The quantitative estimate of drug-likeness (QED) is 0.841. The van der Waals surface area contributed by atoms with Crippen LogP contribution in [0.5, 0.6) is 0 Å². The van der Waals surface area contributed by atoms with Gasteiger partial charge in [0.05, 0.1) is 12.7 Å². The summed E-state index contributed by atoms with van der Waals surface area (Å²) in [6.07, 6.45) is 2.01. The molecule has 2 aromatic rings. The lowest BCUT2D eigenvalue weighted by Crippen LogP contribution is -2.45. The summed E-state index contributed by atoms with van der Waals surface area (Å²) in [7, 11) is 0. The number of benzene rings is 1. The number of nitrogens with zero attached hydrogens (tertiary/aromatic N) is 3. The van der Waals surface area contributed by atoms with Crippen LogP contribution in [0.15, 0.2) is 22.6 Å². The second-order valence-electron chi connectivity index (χ2n) is 6.84. The Hall–Kier alpha value is -1.72. The number of hydrogen-bond acceptors (Lipinski definition) is 5. The predicted molar refractivity (Wildman–Crippen MR) is 93.0 cm³/mol. The third-order valence-electron chi connectivity index (χ3n) is 4.75. The lowest BCUT2D eigenvalue weighted by atomic mass is 9.98. The molecule has 0 N–H and O–H groups in total. The lowest BCUT2D eigenvalue weighted by Gasteiger charge is -2.38. The minimum absolute atomic E-state index is 0.159. The topological polar surface area (TPSA) is 51.4 Å². The zero-order chi connectivity index (χ0) is 17.1. The fraction of sp³-hybridized carbons (Fsp3) is 0.579. The van der Waals surface area contributed by atoms with Crippen LogP contribution in [0.4, 0.5) is 0 Å². The van der Waals surface area contributed by atoms with E-state index in [1.54, 1.807) is 0 Å². The summed E-state index contributed by atoms with van der Waals surface area (Å²) in [5.74, 6) is 1.37. The molecule has 0 spiro atoms. The van der Waals surface area contributed by atoms with Crippen LogP contribution in [0, 0.1) is 20.8 Å². The van der Waals surface area contributed by atoms with Gasteiger partial charge in [-0.2, -0.15) is 0 Å². The van der Waals surface area contributed by atoms with Gasteiger partial charge in [0, 0.05) is 25.9 Å². The molecule has 0 aliphatic carbocycles. The average Bonchev–Trinajstić information content (AvgIpc) is 2.97. The highest BCUT2D eigenvalue weighted by molar-refractivity contribution is 5.32. The van der Waals surface area contributed by atoms with E-state index >= 15 is 0 Å². The van der Waals surface area contributed by atoms with Gasteiger partial charge in [-0.15, -0.1) is 10.2 Å². The summed E-state index contributed by atoms with van der Waals surface area (Å²) in [5.41, 5.74) is 3.91. The molecule has 2 atom stereocenters. The number of aromatic nitrogens is 2. The van der Waals surface area contributed by atoms with Crippen molar-refractivity contribution < 1.29 is 9.15 Å². The van der Waals surface area contributed by atoms with Crippen molar-refractivity contribution in [3.05, 3.63) is 46.7 Å². The molecule has 0 radical (unpaired) electrons. The summed E-state index contributed by atoms with van der Waals surface area (Å²) in [6.45, 7) is 11.1. The lowest BCUT2D eigenvalue weighted by molar-refractivity contribution is -0.0605. The first-order chi connectivity index (χ1) is 11.5. The van der Waals surface area contributed by atoms with E-state index in [4.69, 9.17) is 9.15 Å². The van der Waals surface area contributed by atoms with Gasteiger partial charge in [-0.25, -0.2) is 0 Å². The minimum Gasteiger partial charge on any atom is -0.426 e. The molecule has 0 amide bonds. The Kier molecular flexibility index (Phi) is 5.31. The van der Waals surface area contributed by atoms with Crippen molar-refractivity contribution in [2.45, 2.75) is 52.7 Å². The Balaban J connectivity index is 1.59. The Morgan fingerprint density at radius 3 is 2.79 bits per heavy atom. The van der Waals surface area contributed by atoms with Crippen LogP contribution < -0.4 is 0 Å². The molecule has 1 aromatic carbocycles. The summed E-state index contributed by atoms with van der Waals surface area (Å²) >= 11 is 0. The first kappa shape index (κ1) is 17.1. The molecule has 1 aliphatic heterocycles. The van der Waals surface area contributed by atoms with Crippen molar-refractivity contribution in [3.8, 4) is 0 Å². The van der Waals surface area contributed by atoms with E-state index in [1.807, 2.05) is 6.92 Å². The molecule has 2 heterocycles. The zero-order valence-electron chi connectivity index (χ0n) is 15.1. The number of hydrogen-bond donors (Lipinski definition) is 0. The monoisotopic (exact) mass is 329 g/mol. The van der Waals surface area contributed by atoms with Gasteiger partial charge in [-0.3, -0.25) is 4.90 Å². The van der Waals surface area contributed by atoms with Gasteiger partial charge in [-0.05, 0) is 44.9 Å². The van der Waals surface area contributed by atoms with Gasteiger partial charge in [0.25, 0.3) is 0 Å². The van der Waals surface area contributed by atoms with Crippen molar-refractivity contribution in [1.29, 1.82) is 0 Å². The average molecular weight is 329 g/mol. The van der Waals surface area contributed by atoms with Crippen molar-refractivity contribution in [2.75, 3.05) is 19.7 Å². The number of rotatable bonds is 5. The van der Waals surface area contributed by atoms with E-state index in [9.17, 15) is 0 Å². The highest BCUT2D eigenvalue weighted by atomic mass is 16.5. The van der Waals surface area contributed by atoms with E-state index in [2.05, 4.69) is 54.1 Å². The van der Waals surface area contributed by atoms with Crippen LogP contribution in [0.25, 0.3) is 0 Å². The second kappa shape index (κ2) is 7.45. The SMILES string of the molecule is Cc1ccc(C)c([C@@H]2CN(CCCc3nnc(C)o3)[C@H](C)CO2)c1. The van der Waals surface area contributed by atoms with Crippen molar-refractivity contribution in [2.24, 2.45) is 0 Å². The summed E-state index contributed by atoms with van der Waals surface area (Å²) in [6, 6.07) is 7.05. The normalized spacial score (nSPS) is 22.0. The van der Waals surface area contributed by atoms with Gasteiger partial charge in [0.2, 0.25) is 11.8 Å². The molecule has 5 heteroatoms. The Morgan fingerprint density at radius 1 is 1.21 bits per heavy atom. The van der Waals surface area contributed by atoms with Crippen molar-refractivity contribution in [3.63, 3.8) is 0 Å². The van der Waals surface area contributed by atoms with E-state index in [0.717, 1.165) is 38.4 Å². The predicted octanol–water partition coefficient (Wildman–Crippen LogP) is 3.39. The smallest absolute Gasteiger partial charge is 0.216 e. The number of ether oxygens (including phenoxy) is 1. The molecular formula is C19H27N3O2. The number of aryl methyl sites for hydroxylation is 4. The summed E-state index contributed by atoms with van der Waals surface area (Å²) < 4.78 is 11.6. The van der Waals surface area contributed by atoms with Crippen LogP contribution in [0.1, 0.15) is 47.9 Å². The molecule has 1 fully saturated rings. The zero-order valence-corrected chi connectivity index (χ0v) is 15.1. The van der Waals surface area contributed by atoms with Gasteiger partial charge < -0.3 is 9.15 Å². The minimum atomic E-state index is 0.159. The highest BCUT2D eigenvalue weighted by Crippen LogP contribution is 2.28. The fourth-order valence-corrected chi connectivity index (χ4v) is 3.28. The molecule has 3 rings (SSSR count). The molecule has 1 aromatic heterocycles. The molecule has 5 nitrogen and oxygen atoms in total. The molecule has 0 unspecified atom stereocenters. The van der Waals surface area contributed by atoms with Crippen LogP contribution >= 0.6 is 0 Å². The van der Waals surface area contributed by atoms with E-state index < -0.39 is 0 Å². The van der Waals surface area contributed by atoms with Gasteiger partial charge in [0.1, 0.15) is 0 Å². The Morgan fingerprint density at radius 2 is 2.04 bits per heavy atom. The highest BCUT2D eigenvalue weighted by Gasteiger charge is 2.27. The molecule has 0 bridgehead atoms.